The molecule has 0 N–H and O–H groups in total. The molecule has 0 spiro atoms. The molecule has 1 aromatic rings. The fourth-order valence-corrected chi connectivity index (χ4v) is 1.73. The number of fused-ring (bicyclic) bond motifs is 1. The van der Waals surface area contributed by atoms with Crippen molar-refractivity contribution < 1.29 is 9.13 Å². The van der Waals surface area contributed by atoms with Gasteiger partial charge in [-0.15, -0.1) is 0 Å². The van der Waals surface area contributed by atoms with Crippen LogP contribution in [0.5, 0.6) is 5.75 Å². The Morgan fingerprint density at radius 2 is 2.15 bits per heavy atom. The van der Waals surface area contributed by atoms with E-state index in [1.807, 2.05) is 13.1 Å². The second-order valence-corrected chi connectivity index (χ2v) is 3.39. The van der Waals surface area contributed by atoms with Crippen LogP contribution in [0.1, 0.15) is 11.1 Å². The standard InChI is InChI=1S/C10H12FNO/c1-12-5-7-3-4-9(13-2)10(11)8(7)6-12/h3-4H,5-6H2,1-2H3. The van der Waals surface area contributed by atoms with Crippen molar-refractivity contribution in [1.82, 2.24) is 4.90 Å². The summed E-state index contributed by atoms with van der Waals surface area (Å²) < 4.78 is 18.5. The predicted molar refractivity (Wildman–Crippen MR) is 48.1 cm³/mol. The Morgan fingerprint density at radius 3 is 2.85 bits per heavy atom. The van der Waals surface area contributed by atoms with Crippen molar-refractivity contribution in [2.24, 2.45) is 0 Å². The molecule has 0 radical (unpaired) electrons. The van der Waals surface area contributed by atoms with Crippen molar-refractivity contribution in [1.29, 1.82) is 0 Å². The molecule has 70 valence electrons. The number of rotatable bonds is 1. The zero-order valence-corrected chi connectivity index (χ0v) is 7.80. The summed E-state index contributed by atoms with van der Waals surface area (Å²) in [4.78, 5) is 2.08. The van der Waals surface area contributed by atoms with Crippen molar-refractivity contribution in [2.45, 2.75) is 13.1 Å². The van der Waals surface area contributed by atoms with Gasteiger partial charge in [0.15, 0.2) is 11.6 Å². The first-order valence-corrected chi connectivity index (χ1v) is 4.25. The molecule has 2 nitrogen and oxygen atoms in total. The highest BCUT2D eigenvalue weighted by Gasteiger charge is 2.21. The lowest BCUT2D eigenvalue weighted by atomic mass is 10.1. The van der Waals surface area contributed by atoms with Crippen LogP contribution in [0.4, 0.5) is 4.39 Å². The number of hydrogen-bond donors (Lipinski definition) is 0. The van der Waals surface area contributed by atoms with Crippen LogP contribution in [0.15, 0.2) is 12.1 Å². The van der Waals surface area contributed by atoms with Gasteiger partial charge in [-0.3, -0.25) is 4.90 Å². The molecular formula is C10H12FNO. The van der Waals surface area contributed by atoms with Gasteiger partial charge < -0.3 is 4.74 Å². The number of methoxy groups -OCH3 is 1. The van der Waals surface area contributed by atoms with Gasteiger partial charge in [0.1, 0.15) is 0 Å². The first-order valence-electron chi connectivity index (χ1n) is 4.25. The van der Waals surface area contributed by atoms with Crippen LogP contribution in [0.2, 0.25) is 0 Å². The maximum Gasteiger partial charge on any atom is 0.169 e. The minimum absolute atomic E-state index is 0.204. The van der Waals surface area contributed by atoms with E-state index in [2.05, 4.69) is 4.90 Å². The van der Waals surface area contributed by atoms with E-state index in [0.29, 0.717) is 12.3 Å². The van der Waals surface area contributed by atoms with Crippen molar-refractivity contribution in [3.63, 3.8) is 0 Å². The van der Waals surface area contributed by atoms with E-state index in [4.69, 9.17) is 4.74 Å². The summed E-state index contributed by atoms with van der Waals surface area (Å²) in [6.45, 7) is 1.51. The van der Waals surface area contributed by atoms with Crippen molar-refractivity contribution in [3.05, 3.63) is 29.1 Å². The highest BCUT2D eigenvalue weighted by molar-refractivity contribution is 5.39. The van der Waals surface area contributed by atoms with Gasteiger partial charge in [0, 0.05) is 18.7 Å². The van der Waals surface area contributed by atoms with Crippen LogP contribution < -0.4 is 4.74 Å². The molecule has 1 aromatic carbocycles. The summed E-state index contributed by atoms with van der Waals surface area (Å²) >= 11 is 0. The minimum atomic E-state index is -0.204. The van der Waals surface area contributed by atoms with Gasteiger partial charge in [0.2, 0.25) is 0 Å². The van der Waals surface area contributed by atoms with E-state index < -0.39 is 0 Å². The highest BCUT2D eigenvalue weighted by Crippen LogP contribution is 2.29. The van der Waals surface area contributed by atoms with Crippen LogP contribution in [-0.4, -0.2) is 19.1 Å². The smallest absolute Gasteiger partial charge is 0.169 e. The van der Waals surface area contributed by atoms with E-state index in [1.54, 1.807) is 6.07 Å². The monoisotopic (exact) mass is 181 g/mol. The quantitative estimate of drug-likeness (QED) is 0.654. The summed E-state index contributed by atoms with van der Waals surface area (Å²) in [7, 11) is 3.47. The average Bonchev–Trinajstić information content (AvgIpc) is 2.47. The Balaban J connectivity index is 2.48. The van der Waals surface area contributed by atoms with Gasteiger partial charge in [-0.2, -0.15) is 0 Å². The van der Waals surface area contributed by atoms with Crippen LogP contribution in [0, 0.1) is 5.82 Å². The molecule has 0 aromatic heterocycles. The van der Waals surface area contributed by atoms with Gasteiger partial charge in [0.05, 0.1) is 7.11 Å². The zero-order valence-electron chi connectivity index (χ0n) is 7.80. The van der Waals surface area contributed by atoms with Gasteiger partial charge >= 0.3 is 0 Å². The van der Waals surface area contributed by atoms with Crippen LogP contribution in [0.3, 0.4) is 0 Å². The topological polar surface area (TPSA) is 12.5 Å². The number of ether oxygens (including phenoxy) is 1. The first kappa shape index (κ1) is 8.51. The Hall–Kier alpha value is -1.09. The van der Waals surface area contributed by atoms with Crippen LogP contribution >= 0.6 is 0 Å². The third kappa shape index (κ3) is 1.29. The largest absolute Gasteiger partial charge is 0.494 e. The highest BCUT2D eigenvalue weighted by atomic mass is 19.1. The molecule has 0 saturated heterocycles. The van der Waals surface area contributed by atoms with Gasteiger partial charge in [-0.05, 0) is 18.7 Å². The Bertz CT molecular complexity index is 338. The van der Waals surface area contributed by atoms with Gasteiger partial charge in [-0.25, -0.2) is 4.39 Å². The van der Waals surface area contributed by atoms with Crippen LogP contribution in [0.25, 0.3) is 0 Å². The van der Waals surface area contributed by atoms with Gasteiger partial charge in [0.25, 0.3) is 0 Å². The summed E-state index contributed by atoms with van der Waals surface area (Å²) in [5.74, 6) is 0.137. The molecular weight excluding hydrogens is 169 g/mol. The number of hydrogen-bond acceptors (Lipinski definition) is 2. The number of benzene rings is 1. The second-order valence-electron chi connectivity index (χ2n) is 3.39. The summed E-state index contributed by atoms with van der Waals surface area (Å²) in [6, 6.07) is 3.62. The van der Waals surface area contributed by atoms with E-state index in [0.717, 1.165) is 17.7 Å². The van der Waals surface area contributed by atoms with E-state index in [-0.39, 0.29) is 5.82 Å². The van der Waals surface area contributed by atoms with Gasteiger partial charge in [-0.1, -0.05) is 6.07 Å². The Labute approximate surface area is 76.9 Å². The number of halogens is 1. The molecule has 1 aliphatic rings. The Kier molecular flexibility index (Phi) is 1.96. The molecule has 0 atom stereocenters. The molecule has 0 amide bonds. The maximum absolute atomic E-state index is 13.6. The second kappa shape index (κ2) is 3.00. The SMILES string of the molecule is COc1ccc2c(c1F)CN(C)C2. The third-order valence-corrected chi connectivity index (χ3v) is 2.39. The summed E-state index contributed by atoms with van der Waals surface area (Å²) in [5, 5.41) is 0. The third-order valence-electron chi connectivity index (χ3n) is 2.39. The van der Waals surface area contributed by atoms with Crippen molar-refractivity contribution in [2.75, 3.05) is 14.2 Å². The molecule has 0 unspecified atom stereocenters. The lowest BCUT2D eigenvalue weighted by Gasteiger charge is -2.05. The molecule has 2 rings (SSSR count). The normalized spacial score (nSPS) is 15.9. The van der Waals surface area contributed by atoms with Crippen LogP contribution in [-0.2, 0) is 13.1 Å². The van der Waals surface area contributed by atoms with E-state index in [9.17, 15) is 4.39 Å². The lowest BCUT2D eigenvalue weighted by Crippen LogP contribution is -2.07. The molecule has 1 aliphatic heterocycles. The Morgan fingerprint density at radius 1 is 1.38 bits per heavy atom. The number of nitrogens with zero attached hydrogens (tertiary/aromatic N) is 1. The molecule has 0 bridgehead atoms. The van der Waals surface area contributed by atoms with E-state index >= 15 is 0 Å². The zero-order chi connectivity index (χ0) is 9.42. The first-order chi connectivity index (χ1) is 6.22. The lowest BCUT2D eigenvalue weighted by molar-refractivity contribution is 0.346. The predicted octanol–water partition coefficient (Wildman–Crippen LogP) is 1.78. The minimum Gasteiger partial charge on any atom is -0.494 e. The average molecular weight is 181 g/mol. The van der Waals surface area contributed by atoms with E-state index in [1.165, 1.54) is 7.11 Å². The molecule has 0 fully saturated rings. The molecule has 0 saturated carbocycles. The molecule has 3 heteroatoms. The fraction of sp³-hybridized carbons (Fsp3) is 0.400. The molecule has 1 heterocycles. The molecule has 0 aliphatic carbocycles. The molecule has 13 heavy (non-hydrogen) atoms. The summed E-state index contributed by atoms with van der Waals surface area (Å²) in [5.41, 5.74) is 1.85. The maximum atomic E-state index is 13.6. The summed E-state index contributed by atoms with van der Waals surface area (Å²) in [6.07, 6.45) is 0. The fourth-order valence-electron chi connectivity index (χ4n) is 1.73. The van der Waals surface area contributed by atoms with Crippen molar-refractivity contribution >= 4 is 0 Å². The van der Waals surface area contributed by atoms with Crippen molar-refractivity contribution in [3.8, 4) is 5.75 Å².